The number of thioether (sulfide) groups is 1. The molecular weight excluding hydrogens is 372 g/mol. The van der Waals surface area contributed by atoms with Gasteiger partial charge in [0, 0.05) is 5.75 Å². The zero-order valence-electron chi connectivity index (χ0n) is 15.3. The molecule has 11 heteroatoms. The number of rotatable bonds is 5. The van der Waals surface area contributed by atoms with Gasteiger partial charge in [0.1, 0.15) is 12.2 Å². The molecule has 3 N–H and O–H groups in total. The summed E-state index contributed by atoms with van der Waals surface area (Å²) in [6.45, 7) is 5.63. The molecule has 4 rings (SSSR count). The monoisotopic (exact) mass is 394 g/mol. The lowest BCUT2D eigenvalue weighted by atomic mass is 10.1. The van der Waals surface area contributed by atoms with Crippen molar-refractivity contribution >= 4 is 34.7 Å². The van der Waals surface area contributed by atoms with Crippen LogP contribution in [-0.4, -0.2) is 59.8 Å². The van der Waals surface area contributed by atoms with E-state index >= 15 is 0 Å². The number of aromatic nitrogens is 5. The average Bonchev–Trinajstić information content (AvgIpc) is 3.23. The highest BCUT2D eigenvalue weighted by Crippen LogP contribution is 2.47. The molecule has 146 valence electrons. The quantitative estimate of drug-likeness (QED) is 0.566. The fourth-order valence-corrected chi connectivity index (χ4v) is 4.45. The number of nitrogens with two attached hydrogens (primary N) is 1. The molecule has 0 bridgehead atoms. The fourth-order valence-electron chi connectivity index (χ4n) is 3.75. The third-order valence-electron chi connectivity index (χ3n) is 4.83. The second-order valence-electron chi connectivity index (χ2n) is 7.26. The molecule has 2 aromatic heterocycles. The Hall–Kier alpha value is -1.98. The van der Waals surface area contributed by atoms with Crippen molar-refractivity contribution in [1.29, 1.82) is 0 Å². The number of hydrogen-bond donors (Lipinski definition) is 2. The summed E-state index contributed by atoms with van der Waals surface area (Å²) in [4.78, 5) is 20.6. The number of ether oxygens (including phenoxy) is 2. The van der Waals surface area contributed by atoms with E-state index in [1.165, 1.54) is 11.8 Å². The number of nitrogens with zero attached hydrogens (tertiary/aromatic N) is 5. The Morgan fingerprint density at radius 2 is 2.11 bits per heavy atom. The van der Waals surface area contributed by atoms with Crippen molar-refractivity contribution in [3.8, 4) is 0 Å². The minimum absolute atomic E-state index is 0.262. The summed E-state index contributed by atoms with van der Waals surface area (Å²) in [6, 6.07) is -0.360. The van der Waals surface area contributed by atoms with Crippen molar-refractivity contribution in [3.63, 3.8) is 0 Å². The summed E-state index contributed by atoms with van der Waals surface area (Å²) in [6.07, 6.45) is 0.306. The molecule has 1 saturated carbocycles. The fraction of sp³-hybridized carbons (Fsp3) is 0.688. The maximum Gasteiger partial charge on any atom is 0.309 e. The maximum absolute atomic E-state index is 11.7. The van der Waals surface area contributed by atoms with Crippen LogP contribution in [0.4, 0.5) is 5.82 Å². The zero-order valence-corrected chi connectivity index (χ0v) is 16.1. The van der Waals surface area contributed by atoms with Crippen molar-refractivity contribution < 1.29 is 19.4 Å². The summed E-state index contributed by atoms with van der Waals surface area (Å²) in [7, 11) is 0. The Labute approximate surface area is 159 Å². The molecule has 0 amide bonds. The van der Waals surface area contributed by atoms with E-state index in [2.05, 4.69) is 27.2 Å². The van der Waals surface area contributed by atoms with E-state index in [0.29, 0.717) is 22.7 Å². The van der Waals surface area contributed by atoms with Crippen LogP contribution in [0.25, 0.3) is 11.2 Å². The van der Waals surface area contributed by atoms with Gasteiger partial charge in [0.2, 0.25) is 0 Å². The highest BCUT2D eigenvalue weighted by atomic mass is 32.2. The summed E-state index contributed by atoms with van der Waals surface area (Å²) < 4.78 is 13.5. The first-order valence-corrected chi connectivity index (χ1v) is 9.89. The van der Waals surface area contributed by atoms with Gasteiger partial charge in [0.15, 0.2) is 27.9 Å². The van der Waals surface area contributed by atoms with Crippen molar-refractivity contribution in [2.75, 3.05) is 11.5 Å². The molecule has 1 aliphatic carbocycles. The van der Waals surface area contributed by atoms with Gasteiger partial charge < -0.3 is 20.3 Å². The lowest BCUT2D eigenvalue weighted by molar-refractivity contribution is -0.168. The predicted octanol–water partition coefficient (Wildman–Crippen LogP) is 1.47. The molecule has 2 aliphatic rings. The topological polar surface area (TPSA) is 138 Å². The minimum atomic E-state index is -0.911. The van der Waals surface area contributed by atoms with E-state index in [9.17, 15) is 9.90 Å². The number of aliphatic carboxylic acids is 1. The van der Waals surface area contributed by atoms with Gasteiger partial charge in [-0.05, 0) is 26.7 Å². The van der Waals surface area contributed by atoms with Crippen LogP contribution in [-0.2, 0) is 14.3 Å². The van der Waals surface area contributed by atoms with Gasteiger partial charge in [-0.25, -0.2) is 14.6 Å². The SMILES string of the molecule is CCCSc1nc(N)c2nnn(C3CC(C(=O)O)C4OC(C)(C)OC43)c2n1. The first-order chi connectivity index (χ1) is 12.8. The van der Waals surface area contributed by atoms with Gasteiger partial charge >= 0.3 is 5.97 Å². The summed E-state index contributed by atoms with van der Waals surface area (Å²) in [5.41, 5.74) is 6.93. The van der Waals surface area contributed by atoms with Gasteiger partial charge in [0.05, 0.1) is 12.0 Å². The number of hydrogen-bond acceptors (Lipinski definition) is 9. The Bertz CT molecular complexity index is 887. The van der Waals surface area contributed by atoms with Crippen molar-refractivity contribution in [2.45, 2.75) is 62.8 Å². The average molecular weight is 394 g/mol. The molecule has 27 heavy (non-hydrogen) atoms. The second kappa shape index (κ2) is 6.57. The highest BCUT2D eigenvalue weighted by molar-refractivity contribution is 7.99. The van der Waals surface area contributed by atoms with Crippen molar-refractivity contribution in [2.24, 2.45) is 5.92 Å². The van der Waals surface area contributed by atoms with E-state index in [4.69, 9.17) is 15.2 Å². The zero-order chi connectivity index (χ0) is 19.3. The molecule has 10 nitrogen and oxygen atoms in total. The number of carboxylic acid groups (broad SMARTS) is 1. The van der Waals surface area contributed by atoms with Crippen molar-refractivity contribution in [3.05, 3.63) is 0 Å². The molecule has 4 unspecified atom stereocenters. The third kappa shape index (κ3) is 3.13. The van der Waals surface area contributed by atoms with Gasteiger partial charge in [0.25, 0.3) is 0 Å². The summed E-state index contributed by atoms with van der Waals surface area (Å²) in [5.74, 6) is -1.32. The summed E-state index contributed by atoms with van der Waals surface area (Å²) in [5, 5.41) is 18.5. The van der Waals surface area contributed by atoms with E-state index in [1.54, 1.807) is 18.5 Å². The van der Waals surface area contributed by atoms with E-state index < -0.39 is 29.9 Å². The maximum atomic E-state index is 11.7. The normalized spacial score (nSPS) is 29.3. The Morgan fingerprint density at radius 3 is 2.81 bits per heavy atom. The number of carboxylic acids is 1. The third-order valence-corrected chi connectivity index (χ3v) is 5.88. The number of nitrogen functional groups attached to an aromatic ring is 1. The second-order valence-corrected chi connectivity index (χ2v) is 8.32. The standard InChI is InChI=1S/C16H22N6O4S/c1-4-5-27-15-18-12(17)9-13(19-15)22(21-20-9)8-6-7(14(23)24)10-11(8)26-16(2,3)25-10/h7-8,10-11H,4-6H2,1-3H3,(H,23,24)(H2,17,18,19). The smallest absolute Gasteiger partial charge is 0.309 e. The van der Waals surface area contributed by atoms with E-state index in [-0.39, 0.29) is 11.9 Å². The number of fused-ring (bicyclic) bond motifs is 2. The molecule has 1 saturated heterocycles. The van der Waals surface area contributed by atoms with E-state index in [1.807, 2.05) is 0 Å². The van der Waals surface area contributed by atoms with Crippen LogP contribution in [0.2, 0.25) is 0 Å². The predicted molar refractivity (Wildman–Crippen MR) is 97.2 cm³/mol. The van der Waals surface area contributed by atoms with E-state index in [0.717, 1.165) is 12.2 Å². The molecule has 1 aliphatic heterocycles. The number of carbonyl (C=O) groups is 1. The Kier molecular flexibility index (Phi) is 4.47. The van der Waals surface area contributed by atoms with Crippen LogP contribution in [0, 0.1) is 5.92 Å². The van der Waals surface area contributed by atoms with Crippen LogP contribution in [0.15, 0.2) is 5.16 Å². The molecule has 0 spiro atoms. The molecular formula is C16H22N6O4S. The largest absolute Gasteiger partial charge is 0.481 e. The minimum Gasteiger partial charge on any atom is -0.481 e. The molecule has 2 aromatic rings. The molecule has 0 radical (unpaired) electrons. The van der Waals surface area contributed by atoms with Crippen LogP contribution in [0.5, 0.6) is 0 Å². The van der Waals surface area contributed by atoms with Crippen LogP contribution in [0.3, 0.4) is 0 Å². The Morgan fingerprint density at radius 1 is 1.37 bits per heavy atom. The lowest BCUT2D eigenvalue weighted by Crippen LogP contribution is -2.30. The molecule has 0 aromatic carbocycles. The molecule has 4 atom stereocenters. The highest BCUT2D eigenvalue weighted by Gasteiger charge is 2.57. The lowest BCUT2D eigenvalue weighted by Gasteiger charge is -2.22. The number of anilines is 1. The van der Waals surface area contributed by atoms with Crippen LogP contribution >= 0.6 is 11.8 Å². The van der Waals surface area contributed by atoms with Gasteiger partial charge in [-0.3, -0.25) is 4.79 Å². The first-order valence-electron chi connectivity index (χ1n) is 8.90. The van der Waals surface area contributed by atoms with Crippen LogP contribution < -0.4 is 5.73 Å². The van der Waals surface area contributed by atoms with Crippen molar-refractivity contribution in [1.82, 2.24) is 25.0 Å². The molecule has 2 fully saturated rings. The van der Waals surface area contributed by atoms with Gasteiger partial charge in [-0.1, -0.05) is 23.9 Å². The van der Waals surface area contributed by atoms with Gasteiger partial charge in [-0.15, -0.1) is 5.10 Å². The summed E-state index contributed by atoms with van der Waals surface area (Å²) >= 11 is 1.51. The Balaban J connectivity index is 1.75. The van der Waals surface area contributed by atoms with Crippen LogP contribution in [0.1, 0.15) is 39.7 Å². The first kappa shape index (κ1) is 18.4. The van der Waals surface area contributed by atoms with Gasteiger partial charge in [-0.2, -0.15) is 0 Å². The molecule has 3 heterocycles.